The number of nitrogens with zero attached hydrogens (tertiary/aromatic N) is 1. The van der Waals surface area contributed by atoms with Crippen LogP contribution in [0.3, 0.4) is 0 Å². The predicted octanol–water partition coefficient (Wildman–Crippen LogP) is 3.96. The van der Waals surface area contributed by atoms with E-state index in [1.807, 2.05) is 23.6 Å². The highest BCUT2D eigenvalue weighted by Gasteiger charge is 2.14. The number of halogens is 1. The van der Waals surface area contributed by atoms with Gasteiger partial charge in [-0.2, -0.15) is 0 Å². The van der Waals surface area contributed by atoms with Crippen LogP contribution in [-0.2, 0) is 24.4 Å². The van der Waals surface area contributed by atoms with Crippen molar-refractivity contribution in [2.75, 3.05) is 6.79 Å². The molecule has 0 unspecified atom stereocenters. The SMILES string of the molecule is O=C(Cc1csc(COc2ccc(Cl)cc2)n1)NCc1ccc2c(c1)OCO2. The Bertz CT molecular complexity index is 975. The molecule has 0 atom stereocenters. The molecule has 0 spiro atoms. The Morgan fingerprint density at radius 1 is 1.18 bits per heavy atom. The largest absolute Gasteiger partial charge is 0.486 e. The number of carbonyl (C=O) groups is 1. The summed E-state index contributed by atoms with van der Waals surface area (Å²) >= 11 is 7.32. The van der Waals surface area contributed by atoms with Crippen molar-refractivity contribution in [2.45, 2.75) is 19.6 Å². The van der Waals surface area contributed by atoms with Gasteiger partial charge < -0.3 is 19.5 Å². The molecule has 144 valence electrons. The number of amides is 1. The molecule has 0 saturated carbocycles. The molecule has 2 heterocycles. The first-order chi connectivity index (χ1) is 13.7. The number of rotatable bonds is 7. The molecule has 8 heteroatoms. The molecule has 28 heavy (non-hydrogen) atoms. The van der Waals surface area contributed by atoms with Crippen LogP contribution in [0.1, 0.15) is 16.3 Å². The Balaban J connectivity index is 1.25. The Hall–Kier alpha value is -2.77. The predicted molar refractivity (Wildman–Crippen MR) is 106 cm³/mol. The number of carbonyl (C=O) groups excluding carboxylic acids is 1. The van der Waals surface area contributed by atoms with Gasteiger partial charge in [0, 0.05) is 16.9 Å². The normalized spacial score (nSPS) is 12.0. The topological polar surface area (TPSA) is 69.7 Å². The zero-order valence-electron chi connectivity index (χ0n) is 14.8. The highest BCUT2D eigenvalue weighted by Crippen LogP contribution is 2.32. The van der Waals surface area contributed by atoms with Crippen molar-refractivity contribution in [3.05, 3.63) is 69.1 Å². The highest BCUT2D eigenvalue weighted by atomic mass is 35.5. The third kappa shape index (κ3) is 4.74. The number of ether oxygens (including phenoxy) is 3. The number of fused-ring (bicyclic) bond motifs is 1. The summed E-state index contributed by atoms with van der Waals surface area (Å²) in [7, 11) is 0. The number of nitrogens with one attached hydrogen (secondary N) is 1. The molecule has 1 N–H and O–H groups in total. The number of benzene rings is 2. The van der Waals surface area contributed by atoms with Crippen LogP contribution in [0.5, 0.6) is 17.2 Å². The van der Waals surface area contributed by atoms with Gasteiger partial charge in [0.15, 0.2) is 11.5 Å². The van der Waals surface area contributed by atoms with E-state index >= 15 is 0 Å². The van der Waals surface area contributed by atoms with Crippen LogP contribution in [0.2, 0.25) is 5.02 Å². The zero-order valence-corrected chi connectivity index (χ0v) is 16.4. The molecule has 0 aliphatic carbocycles. The van der Waals surface area contributed by atoms with Crippen LogP contribution in [0.15, 0.2) is 47.8 Å². The summed E-state index contributed by atoms with van der Waals surface area (Å²) in [4.78, 5) is 16.6. The number of hydrogen-bond donors (Lipinski definition) is 1. The molecule has 2 aromatic carbocycles. The summed E-state index contributed by atoms with van der Waals surface area (Å²) in [5.41, 5.74) is 1.68. The molecule has 1 aliphatic rings. The van der Waals surface area contributed by atoms with Crippen molar-refractivity contribution in [3.8, 4) is 17.2 Å². The fourth-order valence-corrected chi connectivity index (χ4v) is 3.48. The molecule has 1 aromatic heterocycles. The monoisotopic (exact) mass is 416 g/mol. The summed E-state index contributed by atoms with van der Waals surface area (Å²) in [6.45, 7) is 1.01. The third-order valence-corrected chi connectivity index (χ3v) is 5.17. The quantitative estimate of drug-likeness (QED) is 0.631. The Morgan fingerprint density at radius 2 is 2.00 bits per heavy atom. The van der Waals surface area contributed by atoms with Crippen LogP contribution in [0.4, 0.5) is 0 Å². The molecule has 0 bridgehead atoms. The fourth-order valence-electron chi connectivity index (χ4n) is 2.65. The Kier molecular flexibility index (Phi) is 5.64. The number of hydrogen-bond acceptors (Lipinski definition) is 6. The highest BCUT2D eigenvalue weighted by molar-refractivity contribution is 7.09. The summed E-state index contributed by atoms with van der Waals surface area (Å²) in [5, 5.41) is 6.25. The molecule has 1 amide bonds. The fraction of sp³-hybridized carbons (Fsp3) is 0.200. The second-order valence-corrected chi connectivity index (χ2v) is 7.50. The first-order valence-electron chi connectivity index (χ1n) is 8.62. The van der Waals surface area contributed by atoms with Gasteiger partial charge in [-0.15, -0.1) is 11.3 Å². The lowest BCUT2D eigenvalue weighted by Crippen LogP contribution is -2.24. The third-order valence-electron chi connectivity index (χ3n) is 4.04. The van der Waals surface area contributed by atoms with Gasteiger partial charge in [0.2, 0.25) is 12.7 Å². The van der Waals surface area contributed by atoms with Gasteiger partial charge in [0.1, 0.15) is 17.4 Å². The lowest BCUT2D eigenvalue weighted by molar-refractivity contribution is -0.120. The van der Waals surface area contributed by atoms with E-state index in [1.54, 1.807) is 24.3 Å². The van der Waals surface area contributed by atoms with Crippen molar-refractivity contribution in [2.24, 2.45) is 0 Å². The van der Waals surface area contributed by atoms with E-state index in [4.69, 9.17) is 25.8 Å². The first-order valence-corrected chi connectivity index (χ1v) is 9.88. The summed E-state index contributed by atoms with van der Waals surface area (Å²) in [6, 6.07) is 12.8. The molecule has 4 rings (SSSR count). The van der Waals surface area contributed by atoms with Gasteiger partial charge in [0.05, 0.1) is 12.1 Å². The van der Waals surface area contributed by atoms with Crippen LogP contribution in [0.25, 0.3) is 0 Å². The molecule has 6 nitrogen and oxygen atoms in total. The van der Waals surface area contributed by atoms with Crippen LogP contribution >= 0.6 is 22.9 Å². The van der Waals surface area contributed by atoms with Crippen molar-refractivity contribution >= 4 is 28.8 Å². The summed E-state index contributed by atoms with van der Waals surface area (Å²) in [5.74, 6) is 2.07. The smallest absolute Gasteiger partial charge is 0.231 e. The number of thiazole rings is 1. The minimum atomic E-state index is -0.0897. The molecule has 0 fully saturated rings. The summed E-state index contributed by atoms with van der Waals surface area (Å²) in [6.07, 6.45) is 0.224. The maximum absolute atomic E-state index is 12.2. The Labute approximate surface area is 171 Å². The lowest BCUT2D eigenvalue weighted by atomic mass is 10.2. The van der Waals surface area contributed by atoms with Gasteiger partial charge in [0.25, 0.3) is 0 Å². The average molecular weight is 417 g/mol. The average Bonchev–Trinajstić information content (AvgIpc) is 3.34. The van der Waals surface area contributed by atoms with Crippen molar-refractivity contribution in [1.82, 2.24) is 10.3 Å². The molecular weight excluding hydrogens is 400 g/mol. The second kappa shape index (κ2) is 8.50. The minimum absolute atomic E-state index is 0.0897. The van der Waals surface area contributed by atoms with Crippen molar-refractivity contribution in [3.63, 3.8) is 0 Å². The van der Waals surface area contributed by atoms with E-state index in [-0.39, 0.29) is 19.1 Å². The minimum Gasteiger partial charge on any atom is -0.486 e. The van der Waals surface area contributed by atoms with Crippen molar-refractivity contribution in [1.29, 1.82) is 0 Å². The van der Waals surface area contributed by atoms with E-state index in [0.29, 0.717) is 23.9 Å². The van der Waals surface area contributed by atoms with Crippen LogP contribution in [0, 0.1) is 0 Å². The van der Waals surface area contributed by atoms with Crippen LogP contribution < -0.4 is 19.5 Å². The van der Waals surface area contributed by atoms with E-state index < -0.39 is 0 Å². The lowest BCUT2D eigenvalue weighted by Gasteiger charge is -2.05. The standard InChI is InChI=1S/C20H17ClN2O4S/c21-14-2-4-16(5-3-14)25-10-20-23-15(11-28-20)8-19(24)22-9-13-1-6-17-18(7-13)27-12-26-17/h1-7,11H,8-10,12H2,(H,22,24). The maximum atomic E-state index is 12.2. The molecule has 0 radical (unpaired) electrons. The molecule has 0 saturated heterocycles. The van der Waals surface area contributed by atoms with Crippen LogP contribution in [-0.4, -0.2) is 17.7 Å². The van der Waals surface area contributed by atoms with Gasteiger partial charge in [-0.25, -0.2) is 4.98 Å². The Morgan fingerprint density at radius 3 is 2.86 bits per heavy atom. The van der Waals surface area contributed by atoms with E-state index in [2.05, 4.69) is 10.3 Å². The second-order valence-electron chi connectivity index (χ2n) is 6.12. The summed E-state index contributed by atoms with van der Waals surface area (Å²) < 4.78 is 16.3. The molecule has 1 aliphatic heterocycles. The molecule has 3 aromatic rings. The molecular formula is C20H17ClN2O4S. The first kappa shape index (κ1) is 18.6. The zero-order chi connectivity index (χ0) is 19.3. The maximum Gasteiger partial charge on any atom is 0.231 e. The van der Waals surface area contributed by atoms with Gasteiger partial charge in [-0.1, -0.05) is 17.7 Å². The van der Waals surface area contributed by atoms with E-state index in [9.17, 15) is 4.79 Å². The number of aromatic nitrogens is 1. The van der Waals surface area contributed by atoms with E-state index in [1.165, 1.54) is 11.3 Å². The van der Waals surface area contributed by atoms with Gasteiger partial charge in [-0.05, 0) is 42.0 Å². The van der Waals surface area contributed by atoms with Crippen molar-refractivity contribution < 1.29 is 19.0 Å². The van der Waals surface area contributed by atoms with E-state index in [0.717, 1.165) is 27.8 Å². The van der Waals surface area contributed by atoms with Gasteiger partial charge in [-0.3, -0.25) is 4.79 Å². The van der Waals surface area contributed by atoms with Gasteiger partial charge >= 0.3 is 0 Å².